The average Bonchev–Trinajstić information content (AvgIpc) is 2.97. The van der Waals surface area contributed by atoms with Crippen molar-refractivity contribution in [1.82, 2.24) is 0 Å². The van der Waals surface area contributed by atoms with Crippen molar-refractivity contribution in [2.45, 2.75) is 25.9 Å². The number of benzene rings is 1. The molecule has 0 aliphatic heterocycles. The molecule has 1 nitrogen and oxygen atoms in total. The van der Waals surface area contributed by atoms with Gasteiger partial charge >= 0.3 is 0 Å². The normalized spacial score (nSPS) is 14.7. The lowest BCUT2D eigenvalue weighted by Crippen LogP contribution is -2.22. The molecule has 3 heteroatoms. The zero-order valence-electron chi connectivity index (χ0n) is 11.0. The predicted octanol–water partition coefficient (Wildman–Crippen LogP) is 4.72. The average molecular weight is 288 g/mol. The summed E-state index contributed by atoms with van der Waals surface area (Å²) in [5.74, 6) is 0. The molecule has 1 unspecified atom stereocenters. The maximum Gasteiger partial charge on any atom is 0.100 e. The molecule has 1 atom stereocenters. The molecule has 1 N–H and O–H groups in total. The summed E-state index contributed by atoms with van der Waals surface area (Å²) in [5, 5.41) is 14.2. The second kappa shape index (κ2) is 4.75. The molecule has 3 aromatic rings. The van der Waals surface area contributed by atoms with E-state index in [0.29, 0.717) is 6.42 Å². The van der Waals surface area contributed by atoms with E-state index < -0.39 is 5.60 Å². The van der Waals surface area contributed by atoms with Gasteiger partial charge in [-0.2, -0.15) is 0 Å². The molecule has 0 spiro atoms. The zero-order chi connectivity index (χ0) is 13.5. The van der Waals surface area contributed by atoms with Gasteiger partial charge in [-0.05, 0) is 48.4 Å². The second-order valence-corrected chi connectivity index (χ2v) is 7.32. The van der Waals surface area contributed by atoms with Gasteiger partial charge in [-0.3, -0.25) is 0 Å². The molecule has 1 aromatic carbocycles. The number of thiophene rings is 2. The molecule has 0 bridgehead atoms. The molecule has 0 saturated carbocycles. The Morgan fingerprint density at radius 3 is 2.68 bits per heavy atom. The van der Waals surface area contributed by atoms with Gasteiger partial charge in [0.2, 0.25) is 0 Å². The van der Waals surface area contributed by atoms with Crippen LogP contribution in [-0.4, -0.2) is 5.11 Å². The topological polar surface area (TPSA) is 20.2 Å². The molecule has 3 rings (SSSR count). The number of aryl methyl sites for hydroxylation is 1. The van der Waals surface area contributed by atoms with E-state index in [1.54, 1.807) is 22.7 Å². The summed E-state index contributed by atoms with van der Waals surface area (Å²) in [4.78, 5) is 2.28. The van der Waals surface area contributed by atoms with E-state index in [4.69, 9.17) is 0 Å². The SMILES string of the molecule is Cc1ccc(C(C)(O)Cc2csc3ccccc23)s1. The van der Waals surface area contributed by atoms with Crippen molar-refractivity contribution in [2.75, 3.05) is 0 Å². The van der Waals surface area contributed by atoms with Gasteiger partial charge in [0, 0.05) is 20.9 Å². The zero-order valence-corrected chi connectivity index (χ0v) is 12.6. The van der Waals surface area contributed by atoms with Crippen LogP contribution >= 0.6 is 22.7 Å². The first-order valence-electron chi connectivity index (χ1n) is 6.31. The molecule has 0 fully saturated rings. The van der Waals surface area contributed by atoms with Crippen LogP contribution in [0.25, 0.3) is 10.1 Å². The van der Waals surface area contributed by atoms with Gasteiger partial charge in [-0.1, -0.05) is 18.2 Å². The van der Waals surface area contributed by atoms with E-state index in [1.807, 2.05) is 13.0 Å². The summed E-state index contributed by atoms with van der Waals surface area (Å²) >= 11 is 3.42. The molecule has 0 aliphatic rings. The molecule has 2 heterocycles. The van der Waals surface area contributed by atoms with Crippen molar-refractivity contribution in [3.63, 3.8) is 0 Å². The van der Waals surface area contributed by atoms with Crippen LogP contribution in [0.3, 0.4) is 0 Å². The van der Waals surface area contributed by atoms with Crippen LogP contribution in [0.1, 0.15) is 22.2 Å². The smallest absolute Gasteiger partial charge is 0.100 e. The van der Waals surface area contributed by atoms with Crippen LogP contribution in [-0.2, 0) is 12.0 Å². The molecule has 0 saturated heterocycles. The number of hydrogen-bond donors (Lipinski definition) is 1. The molecular weight excluding hydrogens is 272 g/mol. The Hall–Kier alpha value is -1.16. The van der Waals surface area contributed by atoms with E-state index in [1.165, 1.54) is 20.5 Å². The molecular formula is C16H16OS2. The first kappa shape index (κ1) is 12.9. The van der Waals surface area contributed by atoms with Gasteiger partial charge < -0.3 is 5.11 Å². The summed E-state index contributed by atoms with van der Waals surface area (Å²) < 4.78 is 1.29. The monoisotopic (exact) mass is 288 g/mol. The Morgan fingerprint density at radius 1 is 1.16 bits per heavy atom. The minimum atomic E-state index is -0.789. The quantitative estimate of drug-likeness (QED) is 0.739. The highest BCUT2D eigenvalue weighted by Gasteiger charge is 2.26. The van der Waals surface area contributed by atoms with Gasteiger partial charge in [-0.25, -0.2) is 0 Å². The second-order valence-electron chi connectivity index (χ2n) is 5.12. The van der Waals surface area contributed by atoms with E-state index in [-0.39, 0.29) is 0 Å². The van der Waals surface area contributed by atoms with Gasteiger partial charge in [0.05, 0.1) is 0 Å². The maximum atomic E-state index is 10.7. The van der Waals surface area contributed by atoms with Gasteiger partial charge in [-0.15, -0.1) is 22.7 Å². The Kier molecular flexibility index (Phi) is 3.21. The van der Waals surface area contributed by atoms with Crippen LogP contribution in [0, 0.1) is 6.92 Å². The van der Waals surface area contributed by atoms with Crippen LogP contribution in [0.5, 0.6) is 0 Å². The lowest BCUT2D eigenvalue weighted by atomic mass is 9.95. The molecule has 2 aromatic heterocycles. The van der Waals surface area contributed by atoms with Crippen LogP contribution in [0.15, 0.2) is 41.8 Å². The van der Waals surface area contributed by atoms with Gasteiger partial charge in [0.1, 0.15) is 5.60 Å². The number of rotatable bonds is 3. The van der Waals surface area contributed by atoms with Crippen molar-refractivity contribution in [1.29, 1.82) is 0 Å². The summed E-state index contributed by atoms with van der Waals surface area (Å²) in [6, 6.07) is 12.5. The largest absolute Gasteiger partial charge is 0.384 e. The van der Waals surface area contributed by atoms with E-state index in [9.17, 15) is 5.11 Å². The molecule has 0 aliphatic carbocycles. The molecule has 98 valence electrons. The Balaban J connectivity index is 1.96. The van der Waals surface area contributed by atoms with E-state index in [0.717, 1.165) is 4.88 Å². The third kappa shape index (κ3) is 2.46. The maximum absolute atomic E-state index is 10.7. The summed E-state index contributed by atoms with van der Waals surface area (Å²) in [5.41, 5.74) is 0.444. The number of fused-ring (bicyclic) bond motifs is 1. The first-order chi connectivity index (χ1) is 9.06. The fourth-order valence-electron chi connectivity index (χ4n) is 2.35. The molecule has 19 heavy (non-hydrogen) atoms. The fraction of sp³-hybridized carbons (Fsp3) is 0.250. The van der Waals surface area contributed by atoms with E-state index in [2.05, 4.69) is 42.6 Å². The standard InChI is InChI=1S/C16H16OS2/c1-11-7-8-15(19-11)16(2,17)9-12-10-18-14-6-4-3-5-13(12)14/h3-8,10,17H,9H2,1-2H3. The molecule has 0 radical (unpaired) electrons. The lowest BCUT2D eigenvalue weighted by molar-refractivity contribution is 0.0619. The minimum absolute atomic E-state index is 0.664. The van der Waals surface area contributed by atoms with Crippen LogP contribution in [0.2, 0.25) is 0 Å². The van der Waals surface area contributed by atoms with Crippen molar-refractivity contribution in [3.8, 4) is 0 Å². The van der Waals surface area contributed by atoms with Crippen LogP contribution in [0.4, 0.5) is 0 Å². The summed E-state index contributed by atoms with van der Waals surface area (Å²) in [6.07, 6.45) is 0.664. The number of hydrogen-bond acceptors (Lipinski definition) is 3. The Bertz CT molecular complexity index is 706. The Morgan fingerprint density at radius 2 is 1.95 bits per heavy atom. The van der Waals surface area contributed by atoms with Crippen molar-refractivity contribution >= 4 is 32.8 Å². The predicted molar refractivity (Wildman–Crippen MR) is 84.2 cm³/mol. The molecule has 0 amide bonds. The highest BCUT2D eigenvalue weighted by Crippen LogP contribution is 2.34. The number of aliphatic hydroxyl groups is 1. The highest BCUT2D eigenvalue weighted by atomic mass is 32.1. The van der Waals surface area contributed by atoms with Gasteiger partial charge in [0.25, 0.3) is 0 Å². The third-order valence-corrected chi connectivity index (χ3v) is 5.63. The fourth-order valence-corrected chi connectivity index (χ4v) is 4.23. The summed E-state index contributed by atoms with van der Waals surface area (Å²) in [6.45, 7) is 3.98. The van der Waals surface area contributed by atoms with Crippen molar-refractivity contribution in [2.24, 2.45) is 0 Å². The van der Waals surface area contributed by atoms with E-state index >= 15 is 0 Å². The van der Waals surface area contributed by atoms with Crippen LogP contribution < -0.4 is 0 Å². The summed E-state index contributed by atoms with van der Waals surface area (Å²) in [7, 11) is 0. The van der Waals surface area contributed by atoms with Gasteiger partial charge in [0.15, 0.2) is 0 Å². The highest BCUT2D eigenvalue weighted by molar-refractivity contribution is 7.17. The van der Waals surface area contributed by atoms with Crippen molar-refractivity contribution < 1.29 is 5.11 Å². The minimum Gasteiger partial charge on any atom is -0.384 e. The third-order valence-electron chi connectivity index (χ3n) is 3.37. The lowest BCUT2D eigenvalue weighted by Gasteiger charge is -2.21. The first-order valence-corrected chi connectivity index (χ1v) is 8.00. The van der Waals surface area contributed by atoms with Crippen molar-refractivity contribution in [3.05, 3.63) is 57.1 Å². The Labute approximate surface area is 121 Å².